The molecule has 2 fully saturated rings. The van der Waals surface area contributed by atoms with Crippen molar-refractivity contribution < 1.29 is 14.3 Å². The van der Waals surface area contributed by atoms with Gasteiger partial charge in [-0.05, 0) is 57.6 Å². The van der Waals surface area contributed by atoms with E-state index in [1.807, 2.05) is 32.3 Å². The topological polar surface area (TPSA) is 125 Å². The lowest BCUT2D eigenvalue weighted by Crippen LogP contribution is -2.22. The quantitative estimate of drug-likeness (QED) is 0.186. The molecule has 0 bridgehead atoms. The van der Waals surface area contributed by atoms with E-state index in [0.717, 1.165) is 37.3 Å². The maximum absolute atomic E-state index is 12.0. The molecule has 0 atom stereocenters. The van der Waals surface area contributed by atoms with Gasteiger partial charge in [0, 0.05) is 29.9 Å². The second-order valence-corrected chi connectivity index (χ2v) is 9.43. The van der Waals surface area contributed by atoms with Crippen molar-refractivity contribution in [1.29, 1.82) is 0 Å². The van der Waals surface area contributed by atoms with Crippen LogP contribution in [-0.2, 0) is 4.79 Å². The molecule has 2 aliphatic rings. The van der Waals surface area contributed by atoms with Crippen LogP contribution in [0.25, 0.3) is 11.7 Å². The van der Waals surface area contributed by atoms with Gasteiger partial charge in [0.1, 0.15) is 23.1 Å². The smallest absolute Gasteiger partial charge is 0.326 e. The Bertz CT molecular complexity index is 1350. The van der Waals surface area contributed by atoms with E-state index in [-0.39, 0.29) is 5.70 Å². The number of hydrogen-bond acceptors (Lipinski definition) is 8. The summed E-state index contributed by atoms with van der Waals surface area (Å²) in [6.45, 7) is 1.52. The van der Waals surface area contributed by atoms with Crippen LogP contribution in [0.5, 0.6) is 5.75 Å². The maximum Gasteiger partial charge on any atom is 0.326 e. The summed E-state index contributed by atoms with van der Waals surface area (Å²) >= 11 is 6.47. The molecule has 3 aromatic rings. The molecule has 1 saturated heterocycles. The van der Waals surface area contributed by atoms with Crippen molar-refractivity contribution in [1.82, 2.24) is 30.1 Å². The summed E-state index contributed by atoms with van der Waals surface area (Å²) in [5.41, 5.74) is 2.00. The molecule has 4 N–H and O–H groups in total. The monoisotopic (exact) mass is 510 g/mol. The predicted molar refractivity (Wildman–Crippen MR) is 138 cm³/mol. The maximum atomic E-state index is 12.0. The number of rotatable bonds is 10. The fraction of sp³-hybridized carbons (Fsp3) is 0.333. The number of amides is 3. The van der Waals surface area contributed by atoms with Gasteiger partial charge in [0.25, 0.3) is 5.91 Å². The highest BCUT2D eigenvalue weighted by Gasteiger charge is 2.25. The Balaban J connectivity index is 1.40. The Morgan fingerprint density at radius 3 is 2.78 bits per heavy atom. The Kier molecular flexibility index (Phi) is 6.66. The zero-order chi connectivity index (χ0) is 25.2. The number of anilines is 3. The molecule has 12 heteroatoms. The van der Waals surface area contributed by atoms with Crippen LogP contribution in [0.4, 0.5) is 22.1 Å². The minimum Gasteiger partial charge on any atom is -0.492 e. The molecule has 188 valence electrons. The number of carbonyl (C=O) groups excluding carboxylic acids is 2. The van der Waals surface area contributed by atoms with Gasteiger partial charge in [-0.3, -0.25) is 10.1 Å². The normalized spacial score (nSPS) is 16.5. The number of hydrogen-bond donors (Lipinski definition) is 4. The average Bonchev–Trinajstić information content (AvgIpc) is 3.46. The third-order valence-electron chi connectivity index (χ3n) is 5.66. The lowest BCUT2D eigenvalue weighted by molar-refractivity contribution is -0.115. The summed E-state index contributed by atoms with van der Waals surface area (Å²) in [5.74, 6) is 1.47. The van der Waals surface area contributed by atoms with Crippen LogP contribution in [-0.4, -0.2) is 64.7 Å². The minimum atomic E-state index is -0.559. The van der Waals surface area contributed by atoms with Gasteiger partial charge in [-0.1, -0.05) is 11.6 Å². The number of aromatic nitrogens is 3. The van der Waals surface area contributed by atoms with Crippen molar-refractivity contribution >= 4 is 52.6 Å². The fourth-order valence-corrected chi connectivity index (χ4v) is 3.96. The van der Waals surface area contributed by atoms with Gasteiger partial charge in [-0.2, -0.15) is 9.61 Å². The van der Waals surface area contributed by atoms with E-state index in [4.69, 9.17) is 21.3 Å². The van der Waals surface area contributed by atoms with Crippen LogP contribution in [0.2, 0.25) is 5.02 Å². The molecule has 1 aromatic carbocycles. The van der Waals surface area contributed by atoms with Crippen LogP contribution in [0.3, 0.4) is 0 Å². The molecule has 36 heavy (non-hydrogen) atoms. The molecule has 11 nitrogen and oxygen atoms in total. The van der Waals surface area contributed by atoms with Crippen LogP contribution in [0.1, 0.15) is 24.8 Å². The minimum absolute atomic E-state index is 0.139. The summed E-state index contributed by atoms with van der Waals surface area (Å²) in [6, 6.07) is 7.20. The van der Waals surface area contributed by atoms with Crippen molar-refractivity contribution in [2.24, 2.45) is 0 Å². The number of carbonyl (C=O) groups is 2. The zero-order valence-electron chi connectivity index (χ0n) is 20.0. The van der Waals surface area contributed by atoms with Crippen LogP contribution in [0.15, 0.2) is 36.2 Å². The van der Waals surface area contributed by atoms with Gasteiger partial charge in [-0.15, -0.1) is 0 Å². The van der Waals surface area contributed by atoms with Gasteiger partial charge in [-0.25, -0.2) is 9.78 Å². The Morgan fingerprint density at radius 1 is 1.25 bits per heavy atom. The Morgan fingerprint density at radius 2 is 2.08 bits per heavy atom. The van der Waals surface area contributed by atoms with E-state index < -0.39 is 11.9 Å². The Hall–Kier alpha value is -3.83. The van der Waals surface area contributed by atoms with Crippen molar-refractivity contribution in [2.75, 3.05) is 37.9 Å². The second kappa shape index (κ2) is 10.0. The van der Waals surface area contributed by atoms with Gasteiger partial charge < -0.3 is 25.6 Å². The van der Waals surface area contributed by atoms with Gasteiger partial charge >= 0.3 is 6.03 Å². The molecule has 3 heterocycles. The summed E-state index contributed by atoms with van der Waals surface area (Å²) in [4.78, 5) is 30.3. The second-order valence-electron chi connectivity index (χ2n) is 9.02. The molecule has 2 aromatic heterocycles. The molecule has 1 saturated carbocycles. The number of nitrogens with zero attached hydrogens (tertiary/aromatic N) is 4. The number of urea groups is 1. The molecular formula is C24H27ClN8O3. The standard InChI is InChI=1S/C24H27ClN8O3/c1-32(2)8-3-9-36-19-7-6-16(11-17(19)25)27-20-12-21(28-15-4-5-15)33-22(30-20)14(13-26-33)10-18-23(34)31-24(35)29-18/h6-7,10-13,15,28H,3-5,8-9H2,1-2H3,(H,27,30)(H2,29,31,34,35)/b18-10-. The van der Waals surface area contributed by atoms with Crippen molar-refractivity contribution in [3.63, 3.8) is 0 Å². The largest absolute Gasteiger partial charge is 0.492 e. The molecule has 0 unspecified atom stereocenters. The third-order valence-corrected chi connectivity index (χ3v) is 5.96. The number of benzene rings is 1. The first-order valence-corrected chi connectivity index (χ1v) is 12.1. The van der Waals surface area contributed by atoms with E-state index in [1.165, 1.54) is 0 Å². The molecule has 3 amide bonds. The zero-order valence-corrected chi connectivity index (χ0v) is 20.7. The van der Waals surface area contributed by atoms with E-state index in [1.54, 1.807) is 22.9 Å². The molecular weight excluding hydrogens is 484 g/mol. The van der Waals surface area contributed by atoms with Crippen molar-refractivity contribution in [3.05, 3.63) is 46.7 Å². The number of ether oxygens (including phenoxy) is 1. The lowest BCUT2D eigenvalue weighted by Gasteiger charge is -2.14. The SMILES string of the molecule is CN(C)CCCOc1ccc(Nc2cc(NC3CC3)n3ncc(/C=C4\NC(=O)NC4=O)c3n2)cc1Cl. The first kappa shape index (κ1) is 23.9. The Labute approximate surface area is 212 Å². The van der Waals surface area contributed by atoms with Gasteiger partial charge in [0.2, 0.25) is 0 Å². The number of halogens is 1. The number of imide groups is 1. The first-order valence-electron chi connectivity index (χ1n) is 11.7. The first-order chi connectivity index (χ1) is 17.4. The highest BCUT2D eigenvalue weighted by atomic mass is 35.5. The molecule has 5 rings (SSSR count). The molecule has 0 radical (unpaired) electrons. The highest BCUT2D eigenvalue weighted by Crippen LogP contribution is 2.31. The van der Waals surface area contributed by atoms with Crippen molar-refractivity contribution in [3.8, 4) is 5.75 Å². The third kappa shape index (κ3) is 5.52. The molecule has 1 aliphatic heterocycles. The van der Waals surface area contributed by atoms with E-state index in [2.05, 4.69) is 31.3 Å². The van der Waals surface area contributed by atoms with E-state index in [9.17, 15) is 9.59 Å². The molecule has 1 aliphatic carbocycles. The summed E-state index contributed by atoms with van der Waals surface area (Å²) in [7, 11) is 4.05. The van der Waals surface area contributed by atoms with Crippen LogP contribution < -0.4 is 26.0 Å². The lowest BCUT2D eigenvalue weighted by atomic mass is 10.2. The van der Waals surface area contributed by atoms with Gasteiger partial charge in [0.05, 0.1) is 17.8 Å². The summed E-state index contributed by atoms with van der Waals surface area (Å²) in [5, 5.41) is 16.4. The van der Waals surface area contributed by atoms with E-state index in [0.29, 0.717) is 40.4 Å². The van der Waals surface area contributed by atoms with Crippen molar-refractivity contribution in [2.45, 2.75) is 25.3 Å². The molecule has 0 spiro atoms. The highest BCUT2D eigenvalue weighted by molar-refractivity contribution is 6.32. The fourth-order valence-electron chi connectivity index (χ4n) is 3.73. The van der Waals surface area contributed by atoms with Crippen LogP contribution >= 0.6 is 11.6 Å². The number of nitrogens with one attached hydrogen (secondary N) is 4. The predicted octanol–water partition coefficient (Wildman–Crippen LogP) is 3.21. The summed E-state index contributed by atoms with van der Waals surface area (Å²) < 4.78 is 7.49. The van der Waals surface area contributed by atoms with Crippen LogP contribution in [0, 0.1) is 0 Å². The van der Waals surface area contributed by atoms with E-state index >= 15 is 0 Å². The summed E-state index contributed by atoms with van der Waals surface area (Å²) in [6.07, 6.45) is 6.23. The average molecular weight is 511 g/mol. The van der Waals surface area contributed by atoms with Gasteiger partial charge in [0.15, 0.2) is 5.65 Å². The number of fused-ring (bicyclic) bond motifs is 1.